The fourth-order valence-electron chi connectivity index (χ4n) is 5.35. The summed E-state index contributed by atoms with van der Waals surface area (Å²) in [6.07, 6.45) is 8.02. The molecule has 242 valence electrons. The third-order valence-corrected chi connectivity index (χ3v) is 10.1. The maximum Gasteiger partial charge on any atom is 0.179 e. The number of nitrogens with zero attached hydrogens (tertiary/aromatic N) is 4. The van der Waals surface area contributed by atoms with Crippen LogP contribution < -0.4 is 10.1 Å². The van der Waals surface area contributed by atoms with Crippen molar-refractivity contribution in [2.45, 2.75) is 29.9 Å². The minimum Gasteiger partial charge on any atom is -0.489 e. The Bertz CT molecular complexity index is 2000. The van der Waals surface area contributed by atoms with E-state index in [0.717, 1.165) is 11.1 Å². The number of anilines is 2. The van der Waals surface area contributed by atoms with Crippen LogP contribution in [-0.2, 0) is 26.8 Å². The number of hydrogen-bond donors (Lipinski definition) is 1. The van der Waals surface area contributed by atoms with Crippen molar-refractivity contribution in [3.63, 3.8) is 0 Å². The maximum absolute atomic E-state index is 13.5. The first kappa shape index (κ1) is 32.4. The van der Waals surface area contributed by atoms with Crippen LogP contribution in [0.1, 0.15) is 24.1 Å². The van der Waals surface area contributed by atoms with E-state index >= 15 is 0 Å². The number of aromatic nitrogens is 3. The summed E-state index contributed by atoms with van der Waals surface area (Å²) in [5.41, 5.74) is 2.03. The zero-order chi connectivity index (χ0) is 32.9. The zero-order valence-electron chi connectivity index (χ0n) is 25.6. The van der Waals surface area contributed by atoms with Crippen LogP contribution in [0.15, 0.2) is 109 Å². The Morgan fingerprint density at radius 2 is 1.87 bits per heavy atom. The molecule has 5 aromatic rings. The standard InChI is InChI=1S/C35H33ClFN5O4S/c1-42(16-18-47(43,44)28-9-3-2-4-10-28)15-14-35(13-6-17-46-35)33-21-29-31(22-38-33)39-24-40-34(29)41-27-11-12-32(30(36)20-27)45-23-25-7-5-8-26(37)19-25/h2-12,17,19-22,24H,13-16,18,23H2,1H3,(H,39,40,41). The van der Waals surface area contributed by atoms with E-state index in [4.69, 9.17) is 26.1 Å². The van der Waals surface area contributed by atoms with Gasteiger partial charge in [0, 0.05) is 37.0 Å². The number of benzene rings is 3. The minimum atomic E-state index is -3.38. The second kappa shape index (κ2) is 14.0. The van der Waals surface area contributed by atoms with Gasteiger partial charge in [0.25, 0.3) is 0 Å². The Hall–Kier alpha value is -4.58. The van der Waals surface area contributed by atoms with E-state index in [9.17, 15) is 12.8 Å². The molecular weight excluding hydrogens is 641 g/mol. The molecule has 0 aliphatic carbocycles. The molecule has 0 amide bonds. The number of sulfone groups is 1. The van der Waals surface area contributed by atoms with Crippen LogP contribution in [0.3, 0.4) is 0 Å². The molecule has 0 saturated carbocycles. The molecule has 3 heterocycles. The van der Waals surface area contributed by atoms with Crippen molar-refractivity contribution in [1.82, 2.24) is 19.9 Å². The molecule has 0 radical (unpaired) electrons. The molecule has 0 spiro atoms. The largest absolute Gasteiger partial charge is 0.489 e. The van der Waals surface area contributed by atoms with E-state index in [-0.39, 0.29) is 18.2 Å². The molecule has 12 heteroatoms. The molecule has 0 saturated heterocycles. The van der Waals surface area contributed by atoms with Gasteiger partial charge in [-0.2, -0.15) is 0 Å². The average molecular weight is 674 g/mol. The maximum atomic E-state index is 13.5. The normalized spacial score (nSPS) is 16.0. The van der Waals surface area contributed by atoms with Crippen molar-refractivity contribution >= 4 is 43.8 Å². The number of rotatable bonds is 13. The summed E-state index contributed by atoms with van der Waals surface area (Å²) >= 11 is 6.54. The third-order valence-electron chi connectivity index (χ3n) is 8.05. The van der Waals surface area contributed by atoms with Gasteiger partial charge in [0.1, 0.15) is 30.3 Å². The second-order valence-corrected chi connectivity index (χ2v) is 13.9. The summed E-state index contributed by atoms with van der Waals surface area (Å²) < 4.78 is 51.1. The highest BCUT2D eigenvalue weighted by atomic mass is 35.5. The molecule has 6 rings (SSSR count). The smallest absolute Gasteiger partial charge is 0.179 e. The van der Waals surface area contributed by atoms with Gasteiger partial charge in [-0.1, -0.05) is 41.9 Å². The summed E-state index contributed by atoms with van der Waals surface area (Å²) in [7, 11) is -1.48. The topological polar surface area (TPSA) is 107 Å². The molecule has 1 N–H and O–H groups in total. The Labute approximate surface area is 278 Å². The first-order valence-corrected chi connectivity index (χ1v) is 17.1. The van der Waals surface area contributed by atoms with Crippen molar-refractivity contribution < 1.29 is 22.3 Å². The summed E-state index contributed by atoms with van der Waals surface area (Å²) in [4.78, 5) is 16.0. The number of fused-ring (bicyclic) bond motifs is 1. The van der Waals surface area contributed by atoms with Crippen LogP contribution >= 0.6 is 11.6 Å². The number of ether oxygens (including phenoxy) is 2. The van der Waals surface area contributed by atoms with E-state index in [1.54, 1.807) is 67.1 Å². The number of halogens is 2. The molecule has 1 atom stereocenters. The van der Waals surface area contributed by atoms with Gasteiger partial charge in [-0.3, -0.25) is 4.98 Å². The molecule has 2 aromatic heterocycles. The monoisotopic (exact) mass is 673 g/mol. The fourth-order valence-corrected chi connectivity index (χ4v) is 6.95. The summed E-state index contributed by atoms with van der Waals surface area (Å²) in [6.45, 7) is 1.15. The van der Waals surface area contributed by atoms with Gasteiger partial charge in [-0.15, -0.1) is 0 Å². The van der Waals surface area contributed by atoms with Crippen LogP contribution in [0.5, 0.6) is 5.75 Å². The summed E-state index contributed by atoms with van der Waals surface area (Å²) in [6, 6.07) is 22.0. The molecule has 1 unspecified atom stereocenters. The lowest BCUT2D eigenvalue weighted by Crippen LogP contribution is -2.34. The minimum absolute atomic E-state index is 0.0182. The lowest BCUT2D eigenvalue weighted by molar-refractivity contribution is 0.0209. The third kappa shape index (κ3) is 7.70. The Morgan fingerprint density at radius 1 is 1.02 bits per heavy atom. The molecule has 1 aliphatic heterocycles. The van der Waals surface area contributed by atoms with Gasteiger partial charge in [-0.25, -0.2) is 22.8 Å². The zero-order valence-corrected chi connectivity index (χ0v) is 27.2. The summed E-state index contributed by atoms with van der Waals surface area (Å²) in [5.74, 6) is 0.724. The highest BCUT2D eigenvalue weighted by Crippen LogP contribution is 2.39. The van der Waals surface area contributed by atoms with Crippen molar-refractivity contribution in [2.75, 3.05) is 31.2 Å². The molecule has 9 nitrogen and oxygen atoms in total. The predicted octanol–water partition coefficient (Wildman–Crippen LogP) is 7.07. The average Bonchev–Trinajstić information content (AvgIpc) is 3.57. The van der Waals surface area contributed by atoms with Gasteiger partial charge in [0.2, 0.25) is 0 Å². The molecule has 3 aromatic carbocycles. The van der Waals surface area contributed by atoms with Crippen LogP contribution in [0.2, 0.25) is 5.02 Å². The van der Waals surface area contributed by atoms with Crippen LogP contribution in [0.25, 0.3) is 10.9 Å². The lowest BCUT2D eigenvalue weighted by atomic mass is 9.91. The molecule has 1 aliphatic rings. The predicted molar refractivity (Wildman–Crippen MR) is 180 cm³/mol. The van der Waals surface area contributed by atoms with E-state index in [0.29, 0.717) is 64.2 Å². The van der Waals surface area contributed by atoms with E-state index in [2.05, 4.69) is 15.3 Å². The fraction of sp³-hybridized carbons (Fsp3) is 0.229. The van der Waals surface area contributed by atoms with Gasteiger partial charge >= 0.3 is 0 Å². The number of hydrogen-bond acceptors (Lipinski definition) is 9. The highest BCUT2D eigenvalue weighted by molar-refractivity contribution is 7.91. The Kier molecular flexibility index (Phi) is 9.67. The highest BCUT2D eigenvalue weighted by Gasteiger charge is 2.37. The lowest BCUT2D eigenvalue weighted by Gasteiger charge is -2.30. The first-order chi connectivity index (χ1) is 22.7. The Morgan fingerprint density at radius 3 is 2.64 bits per heavy atom. The van der Waals surface area contributed by atoms with Crippen molar-refractivity contribution in [1.29, 1.82) is 0 Å². The summed E-state index contributed by atoms with van der Waals surface area (Å²) in [5, 5.41) is 4.46. The van der Waals surface area contributed by atoms with Crippen LogP contribution in [-0.4, -0.2) is 54.2 Å². The molecule has 0 bridgehead atoms. The van der Waals surface area contributed by atoms with E-state index in [1.165, 1.54) is 18.5 Å². The van der Waals surface area contributed by atoms with Crippen molar-refractivity contribution in [3.8, 4) is 5.75 Å². The number of nitrogens with one attached hydrogen (secondary N) is 1. The Balaban J connectivity index is 1.15. The van der Waals surface area contributed by atoms with Crippen LogP contribution in [0.4, 0.5) is 15.9 Å². The van der Waals surface area contributed by atoms with E-state index in [1.807, 2.05) is 30.2 Å². The van der Waals surface area contributed by atoms with Gasteiger partial charge in [-0.05, 0) is 67.2 Å². The second-order valence-electron chi connectivity index (χ2n) is 11.4. The van der Waals surface area contributed by atoms with E-state index < -0.39 is 15.4 Å². The van der Waals surface area contributed by atoms with Gasteiger partial charge < -0.3 is 19.7 Å². The SMILES string of the molecule is CN(CCC1(c2cc3c(Nc4ccc(OCc5cccc(F)c5)c(Cl)c4)ncnc3cn2)CC=CO1)CCS(=O)(=O)c1ccccc1. The van der Waals surface area contributed by atoms with Crippen molar-refractivity contribution in [2.24, 2.45) is 0 Å². The molecule has 47 heavy (non-hydrogen) atoms. The molecule has 0 fully saturated rings. The van der Waals surface area contributed by atoms with Gasteiger partial charge in [0.05, 0.1) is 39.3 Å². The van der Waals surface area contributed by atoms with Crippen molar-refractivity contribution in [3.05, 3.63) is 126 Å². The van der Waals surface area contributed by atoms with Gasteiger partial charge in [0.15, 0.2) is 15.4 Å². The van der Waals surface area contributed by atoms with Crippen LogP contribution in [0, 0.1) is 5.82 Å². The molecular formula is C35H33ClFN5O4S. The number of pyridine rings is 1. The first-order valence-electron chi connectivity index (χ1n) is 15.1. The quantitative estimate of drug-likeness (QED) is 0.141.